The molecule has 7 rings (SSSR count). The van der Waals surface area contributed by atoms with Crippen LogP contribution in [0.3, 0.4) is 0 Å². The molecule has 2 bridgehead atoms. The summed E-state index contributed by atoms with van der Waals surface area (Å²) in [5.74, 6) is -1.80. The number of hydrogen-bond donors (Lipinski definition) is 5. The van der Waals surface area contributed by atoms with E-state index in [1.54, 1.807) is 29.2 Å². The first-order valence-corrected chi connectivity index (χ1v) is 19.1. The van der Waals surface area contributed by atoms with Crippen molar-refractivity contribution in [2.24, 2.45) is 0 Å². The Hall–Kier alpha value is -5.67. The number of amides is 5. The average molecular weight is 770 g/mol. The van der Waals surface area contributed by atoms with Crippen LogP contribution < -0.4 is 35.6 Å². The van der Waals surface area contributed by atoms with Crippen molar-refractivity contribution in [2.45, 2.75) is 49.9 Å². The van der Waals surface area contributed by atoms with Gasteiger partial charge in [-0.15, -0.1) is 0 Å². The third-order valence-electron chi connectivity index (χ3n) is 10.5. The number of piperidine rings is 1. The number of ether oxygens (including phenoxy) is 2. The first kappa shape index (κ1) is 40.0. The Balaban J connectivity index is 1.24. The molecular formula is C41H51N7O8. The van der Waals surface area contributed by atoms with Gasteiger partial charge in [-0.2, -0.15) is 0 Å². The number of carbonyl (C=O) groups is 5. The minimum atomic E-state index is -1.48. The summed E-state index contributed by atoms with van der Waals surface area (Å²) in [6.45, 7) is 5.22. The Morgan fingerprint density at radius 3 is 2.07 bits per heavy atom. The van der Waals surface area contributed by atoms with E-state index in [9.17, 15) is 29.1 Å². The average Bonchev–Trinajstić information content (AvgIpc) is 3.22. The number of fused-ring (bicyclic) bond motifs is 15. The van der Waals surface area contributed by atoms with E-state index in [0.717, 1.165) is 37.4 Å². The number of piperazine rings is 1. The number of nitrogens with one attached hydrogen (secondary N) is 4. The Labute approximate surface area is 326 Å². The number of nitrogens with zero attached hydrogens (tertiary/aromatic N) is 3. The normalized spacial score (nSPS) is 22.9. The van der Waals surface area contributed by atoms with E-state index in [-0.39, 0.29) is 51.4 Å². The second-order valence-electron chi connectivity index (χ2n) is 14.5. The fourth-order valence-electron chi connectivity index (χ4n) is 7.03. The van der Waals surface area contributed by atoms with E-state index in [2.05, 4.69) is 38.1 Å². The van der Waals surface area contributed by atoms with Crippen molar-refractivity contribution in [2.75, 3.05) is 71.0 Å². The molecule has 3 aromatic rings. The molecule has 0 radical (unpaired) electrons. The minimum Gasteiger partial charge on any atom is -0.492 e. The summed E-state index contributed by atoms with van der Waals surface area (Å²) in [6.07, 6.45) is 0.316. The van der Waals surface area contributed by atoms with Crippen LogP contribution in [0.4, 0.5) is 5.69 Å². The molecule has 1 spiro atoms. The number of carbonyl (C=O) groups excluding carboxylic acids is 5. The standard InChI is InChI=1S/C41H51N7O8/c1-28-36(50)42-18-25-55-32-12-14-33(15-13-32)56-41(40(54)45-34(26-29-6-4-3-5-7-29)37(51)44-35(27-49)38(52)43-28)16-19-48(20-17-41)39(53)30-8-10-31(11-9-30)47-23-21-46(2)22-24-47/h3-15,28,34-35,49H,16-27H2,1-2H3,(H,42,50)(H,43,52)(H,44,51)(H,45,54)/t28-,34+,35-/m0/s1. The van der Waals surface area contributed by atoms with E-state index < -0.39 is 54.0 Å². The van der Waals surface area contributed by atoms with Gasteiger partial charge >= 0.3 is 0 Å². The Kier molecular flexibility index (Phi) is 13.1. The van der Waals surface area contributed by atoms with E-state index in [1.807, 2.05) is 54.6 Å². The molecule has 4 aliphatic rings. The van der Waals surface area contributed by atoms with Gasteiger partial charge in [0.15, 0.2) is 5.60 Å². The van der Waals surface area contributed by atoms with Crippen molar-refractivity contribution < 1.29 is 38.6 Å². The molecule has 3 atom stereocenters. The van der Waals surface area contributed by atoms with Crippen LogP contribution in [0.5, 0.6) is 11.5 Å². The zero-order valence-electron chi connectivity index (χ0n) is 31.9. The maximum absolute atomic E-state index is 14.5. The van der Waals surface area contributed by atoms with E-state index in [1.165, 1.54) is 6.92 Å². The van der Waals surface area contributed by atoms with Gasteiger partial charge in [0.1, 0.15) is 36.2 Å². The fraction of sp³-hybridized carbons (Fsp3) is 0.439. The van der Waals surface area contributed by atoms with Crippen molar-refractivity contribution in [3.8, 4) is 11.5 Å². The lowest BCUT2D eigenvalue weighted by atomic mass is 9.88. The summed E-state index contributed by atoms with van der Waals surface area (Å²) >= 11 is 0. The Bertz CT molecular complexity index is 1830. The van der Waals surface area contributed by atoms with E-state index in [0.29, 0.717) is 17.1 Å². The second kappa shape index (κ2) is 18.3. The molecular weight excluding hydrogens is 718 g/mol. The molecule has 15 heteroatoms. The molecule has 0 aliphatic carbocycles. The SMILES string of the molecule is C[C@@H]1NC(=O)[C@H](CO)NC(=O)[C@@H](Cc2ccccc2)NC(=O)C2(CCN(C(=O)c3ccc(N4CCN(C)CC4)cc3)CC2)Oc2ccc(cc2)OCCNC1=O. The predicted octanol–water partition coefficient (Wildman–Crippen LogP) is 0.710. The molecule has 56 heavy (non-hydrogen) atoms. The number of likely N-dealkylation sites (tertiary alicyclic amines) is 1. The first-order valence-electron chi connectivity index (χ1n) is 19.1. The van der Waals surface area contributed by atoms with Gasteiger partial charge in [-0.05, 0) is 68.1 Å². The van der Waals surface area contributed by atoms with Gasteiger partial charge in [-0.1, -0.05) is 30.3 Å². The third-order valence-corrected chi connectivity index (χ3v) is 10.5. The highest BCUT2D eigenvalue weighted by atomic mass is 16.5. The topological polar surface area (TPSA) is 182 Å². The molecule has 5 N–H and O–H groups in total. The van der Waals surface area contributed by atoms with E-state index >= 15 is 0 Å². The highest BCUT2D eigenvalue weighted by molar-refractivity contribution is 5.97. The van der Waals surface area contributed by atoms with Gasteiger partial charge < -0.3 is 50.5 Å². The fourth-order valence-corrected chi connectivity index (χ4v) is 7.03. The molecule has 3 aromatic carbocycles. The van der Waals surface area contributed by atoms with Crippen molar-refractivity contribution >= 4 is 35.2 Å². The Morgan fingerprint density at radius 1 is 0.768 bits per heavy atom. The summed E-state index contributed by atoms with van der Waals surface area (Å²) in [5.41, 5.74) is 0.876. The van der Waals surface area contributed by atoms with Gasteiger partial charge in [-0.25, -0.2) is 0 Å². The lowest BCUT2D eigenvalue weighted by molar-refractivity contribution is -0.144. The van der Waals surface area contributed by atoms with Crippen LogP contribution in [0.15, 0.2) is 78.9 Å². The molecule has 5 amide bonds. The van der Waals surface area contributed by atoms with Crippen molar-refractivity contribution in [3.05, 3.63) is 90.0 Å². The number of rotatable bonds is 5. The van der Waals surface area contributed by atoms with Crippen LogP contribution in [-0.4, -0.2) is 134 Å². The highest BCUT2D eigenvalue weighted by Crippen LogP contribution is 2.32. The smallest absolute Gasteiger partial charge is 0.265 e. The summed E-state index contributed by atoms with van der Waals surface area (Å²) in [7, 11) is 2.11. The van der Waals surface area contributed by atoms with Crippen LogP contribution in [-0.2, 0) is 25.6 Å². The molecule has 15 nitrogen and oxygen atoms in total. The lowest BCUT2D eigenvalue weighted by Crippen LogP contribution is -2.62. The maximum atomic E-state index is 14.5. The van der Waals surface area contributed by atoms with Crippen molar-refractivity contribution in [3.63, 3.8) is 0 Å². The summed E-state index contributed by atoms with van der Waals surface area (Å²) in [4.78, 5) is 74.3. The molecule has 298 valence electrons. The van der Waals surface area contributed by atoms with Gasteiger partial charge in [0, 0.05) is 69.8 Å². The molecule has 2 saturated heterocycles. The van der Waals surface area contributed by atoms with Crippen LogP contribution in [0.2, 0.25) is 0 Å². The monoisotopic (exact) mass is 769 g/mol. The quantitative estimate of drug-likeness (QED) is 0.232. The zero-order valence-corrected chi connectivity index (χ0v) is 31.9. The van der Waals surface area contributed by atoms with Gasteiger partial charge in [0.2, 0.25) is 17.7 Å². The number of anilines is 1. The number of likely N-dealkylation sites (N-methyl/N-ethyl adjacent to an activating group) is 1. The second-order valence-corrected chi connectivity index (χ2v) is 14.5. The molecule has 2 fully saturated rings. The summed E-state index contributed by atoms with van der Waals surface area (Å²) in [6, 6.07) is 19.9. The van der Waals surface area contributed by atoms with Crippen LogP contribution in [0, 0.1) is 0 Å². The predicted molar refractivity (Wildman–Crippen MR) is 208 cm³/mol. The molecule has 0 saturated carbocycles. The first-order chi connectivity index (χ1) is 27.0. The largest absolute Gasteiger partial charge is 0.492 e. The number of aliphatic hydroxyl groups is 1. The van der Waals surface area contributed by atoms with Crippen molar-refractivity contribution in [1.82, 2.24) is 31.1 Å². The van der Waals surface area contributed by atoms with E-state index in [4.69, 9.17) is 9.47 Å². The molecule has 0 aromatic heterocycles. The zero-order chi connectivity index (χ0) is 39.7. The number of benzene rings is 3. The lowest BCUT2D eigenvalue weighted by Gasteiger charge is -2.41. The number of hydrogen-bond acceptors (Lipinski definition) is 10. The Morgan fingerprint density at radius 2 is 1.41 bits per heavy atom. The van der Waals surface area contributed by atoms with Gasteiger partial charge in [-0.3, -0.25) is 24.0 Å². The molecule has 4 aliphatic heterocycles. The molecule has 0 unspecified atom stereocenters. The van der Waals surface area contributed by atoms with Gasteiger partial charge in [0.25, 0.3) is 11.8 Å². The number of aliphatic hydroxyl groups excluding tert-OH is 1. The van der Waals surface area contributed by atoms with Crippen molar-refractivity contribution in [1.29, 1.82) is 0 Å². The summed E-state index contributed by atoms with van der Waals surface area (Å²) in [5, 5.41) is 20.8. The minimum absolute atomic E-state index is 0.0633. The maximum Gasteiger partial charge on any atom is 0.265 e. The summed E-state index contributed by atoms with van der Waals surface area (Å²) < 4.78 is 12.3. The van der Waals surface area contributed by atoms with Crippen LogP contribution >= 0.6 is 0 Å². The van der Waals surface area contributed by atoms with Crippen LogP contribution in [0.25, 0.3) is 0 Å². The molecule has 4 heterocycles. The third kappa shape index (κ3) is 9.95. The van der Waals surface area contributed by atoms with Gasteiger partial charge in [0.05, 0.1) is 13.2 Å². The van der Waals surface area contributed by atoms with Crippen LogP contribution in [0.1, 0.15) is 35.7 Å². The highest BCUT2D eigenvalue weighted by Gasteiger charge is 2.46.